The van der Waals surface area contributed by atoms with E-state index in [1.165, 1.54) is 0 Å². The third-order valence-electron chi connectivity index (χ3n) is 1.16. The van der Waals surface area contributed by atoms with Gasteiger partial charge in [-0.1, -0.05) is 13.8 Å². The van der Waals surface area contributed by atoms with Crippen molar-refractivity contribution in [2.75, 3.05) is 0 Å². The number of nitrogens with one attached hydrogen (secondary N) is 1. The highest BCUT2D eigenvalue weighted by Crippen LogP contribution is 1.91. The summed E-state index contributed by atoms with van der Waals surface area (Å²) in [5.74, 6) is -0.981. The molecule has 0 heterocycles. The maximum atomic E-state index is 10.4. The van der Waals surface area contributed by atoms with Crippen LogP contribution in [0.2, 0.25) is 0 Å². The number of carboxylic acid groups (broad SMARTS) is 1. The zero-order valence-electron chi connectivity index (χ0n) is 6.70. The molecule has 0 aromatic heterocycles. The first kappa shape index (κ1) is 10.1. The van der Waals surface area contributed by atoms with E-state index >= 15 is 0 Å². The fourth-order valence-electron chi connectivity index (χ4n) is 0.739. The fourth-order valence-corrected chi connectivity index (χ4v) is 0.739. The normalized spacial score (nSPS) is 13.0. The van der Waals surface area contributed by atoms with Gasteiger partial charge < -0.3 is 15.2 Å². The van der Waals surface area contributed by atoms with Gasteiger partial charge in [-0.05, 0) is 0 Å². The molecule has 0 aliphatic heterocycles. The molecule has 4 heteroatoms. The highest BCUT2D eigenvalue weighted by Gasteiger charge is 2.16. The van der Waals surface area contributed by atoms with Crippen LogP contribution in [0.15, 0.2) is 0 Å². The number of hydrogen-bond acceptors (Lipinski definition) is 3. The molecule has 0 aliphatic carbocycles. The van der Waals surface area contributed by atoms with Crippen LogP contribution in [-0.2, 0) is 9.59 Å². The number of aliphatic carboxylic acids is 1. The van der Waals surface area contributed by atoms with Crippen molar-refractivity contribution in [1.29, 1.82) is 0 Å². The average Bonchev–Trinajstić information content (AvgIpc) is 1.86. The number of carbonyl (C=O) groups excluding carboxylic acids is 1. The van der Waals surface area contributed by atoms with Gasteiger partial charge in [-0.15, -0.1) is 0 Å². The van der Waals surface area contributed by atoms with Crippen LogP contribution in [-0.4, -0.2) is 29.4 Å². The van der Waals surface area contributed by atoms with E-state index < -0.39 is 12.0 Å². The van der Waals surface area contributed by atoms with E-state index in [1.807, 2.05) is 13.8 Å². The molecule has 4 nitrogen and oxygen atoms in total. The van der Waals surface area contributed by atoms with Gasteiger partial charge in [-0.2, -0.15) is 0 Å². The van der Waals surface area contributed by atoms with E-state index in [4.69, 9.17) is 5.11 Å². The number of rotatable bonds is 5. The molecule has 0 rings (SSSR count). The van der Waals surface area contributed by atoms with Gasteiger partial charge in [0.25, 0.3) is 0 Å². The molecule has 1 unspecified atom stereocenters. The summed E-state index contributed by atoms with van der Waals surface area (Å²) in [6, 6.07) is -0.663. The Labute approximate surface area is 65.6 Å². The van der Waals surface area contributed by atoms with Crippen molar-refractivity contribution in [3.8, 4) is 0 Å². The Hall–Kier alpha value is -0.900. The Morgan fingerprint density at radius 3 is 2.45 bits per heavy atom. The second-order valence-electron chi connectivity index (χ2n) is 2.61. The second-order valence-corrected chi connectivity index (χ2v) is 2.61. The molecule has 0 aromatic rings. The maximum Gasteiger partial charge on any atom is 0.321 e. The van der Waals surface area contributed by atoms with E-state index in [9.17, 15) is 9.59 Å². The van der Waals surface area contributed by atoms with Crippen LogP contribution in [0.4, 0.5) is 0 Å². The Morgan fingerprint density at radius 2 is 2.18 bits per heavy atom. The highest BCUT2D eigenvalue weighted by molar-refractivity contribution is 5.76. The molecule has 0 amide bonds. The monoisotopic (exact) mass is 159 g/mol. The van der Waals surface area contributed by atoms with Crippen LogP contribution in [0.25, 0.3) is 0 Å². The van der Waals surface area contributed by atoms with Gasteiger partial charge in [0.1, 0.15) is 12.3 Å². The Balaban J connectivity index is 3.88. The Morgan fingerprint density at radius 1 is 1.64 bits per heavy atom. The first-order chi connectivity index (χ1) is 5.07. The molecule has 0 bridgehead atoms. The van der Waals surface area contributed by atoms with E-state index in [2.05, 4.69) is 5.32 Å². The average molecular weight is 159 g/mol. The molecule has 1 atom stereocenters. The summed E-state index contributed by atoms with van der Waals surface area (Å²) in [5, 5.41) is 11.3. The Bertz CT molecular complexity index is 145. The van der Waals surface area contributed by atoms with Crippen molar-refractivity contribution in [3.63, 3.8) is 0 Å². The summed E-state index contributed by atoms with van der Waals surface area (Å²) in [4.78, 5) is 20.4. The predicted molar refractivity (Wildman–Crippen MR) is 40.4 cm³/mol. The van der Waals surface area contributed by atoms with Gasteiger partial charge in [-0.25, -0.2) is 0 Å². The molecular formula is C7H13NO3. The first-order valence-corrected chi connectivity index (χ1v) is 3.50. The van der Waals surface area contributed by atoms with Gasteiger partial charge >= 0.3 is 5.97 Å². The van der Waals surface area contributed by atoms with Crippen molar-refractivity contribution >= 4 is 12.3 Å². The summed E-state index contributed by atoms with van der Waals surface area (Å²) in [7, 11) is 0. The lowest BCUT2D eigenvalue weighted by molar-refractivity contribution is -0.140. The minimum absolute atomic E-state index is 0.0213. The largest absolute Gasteiger partial charge is 0.480 e. The number of carboxylic acids is 1. The predicted octanol–water partition coefficient (Wildman–Crippen LogP) is 0.0266. The summed E-state index contributed by atoms with van der Waals surface area (Å²) in [6.45, 7) is 3.67. The van der Waals surface area contributed by atoms with Crippen LogP contribution >= 0.6 is 0 Å². The third-order valence-corrected chi connectivity index (χ3v) is 1.16. The minimum atomic E-state index is -0.981. The molecule has 0 saturated heterocycles. The summed E-state index contributed by atoms with van der Waals surface area (Å²) < 4.78 is 0. The van der Waals surface area contributed by atoms with Crippen LogP contribution in [0.3, 0.4) is 0 Å². The quantitative estimate of drug-likeness (QED) is 0.555. The molecular weight excluding hydrogens is 146 g/mol. The lowest BCUT2D eigenvalue weighted by Crippen LogP contribution is -2.40. The molecule has 0 aromatic carbocycles. The fraction of sp³-hybridized carbons (Fsp3) is 0.714. The Kier molecular flexibility index (Phi) is 4.45. The summed E-state index contributed by atoms with van der Waals surface area (Å²) in [6.07, 6.45) is 0.627. The van der Waals surface area contributed by atoms with Gasteiger partial charge in [0.2, 0.25) is 0 Å². The van der Waals surface area contributed by atoms with E-state index in [0.29, 0.717) is 6.29 Å². The topological polar surface area (TPSA) is 66.4 Å². The van der Waals surface area contributed by atoms with Gasteiger partial charge in [0.05, 0.1) is 0 Å². The summed E-state index contributed by atoms with van der Waals surface area (Å²) in [5.41, 5.74) is 0. The van der Waals surface area contributed by atoms with Crippen molar-refractivity contribution in [2.24, 2.45) is 0 Å². The number of hydrogen-bond donors (Lipinski definition) is 2. The first-order valence-electron chi connectivity index (χ1n) is 3.50. The standard InChI is InChI=1S/C7H13NO3/c1-5(2)8-6(3-4-9)7(10)11/h4-6,8H,3H2,1-2H3,(H,10,11). The van der Waals surface area contributed by atoms with Crippen molar-refractivity contribution in [3.05, 3.63) is 0 Å². The molecule has 2 N–H and O–H groups in total. The molecule has 11 heavy (non-hydrogen) atoms. The number of carbonyl (C=O) groups is 2. The minimum Gasteiger partial charge on any atom is -0.480 e. The molecule has 0 aliphatic rings. The van der Waals surface area contributed by atoms with Crippen molar-refractivity contribution < 1.29 is 14.7 Å². The third kappa shape index (κ3) is 4.50. The number of aldehydes is 1. The van der Waals surface area contributed by atoms with Crippen LogP contribution < -0.4 is 5.32 Å². The zero-order chi connectivity index (χ0) is 8.85. The molecule has 64 valence electrons. The molecule has 0 saturated carbocycles. The van der Waals surface area contributed by atoms with Gasteiger partial charge in [-0.3, -0.25) is 4.79 Å². The SMILES string of the molecule is CC(C)NC(CC=O)C(=O)O. The lowest BCUT2D eigenvalue weighted by Gasteiger charge is -2.13. The van der Waals surface area contributed by atoms with Gasteiger partial charge in [0.15, 0.2) is 0 Å². The molecule has 0 radical (unpaired) electrons. The zero-order valence-corrected chi connectivity index (χ0v) is 6.70. The summed E-state index contributed by atoms with van der Waals surface area (Å²) >= 11 is 0. The second kappa shape index (κ2) is 4.85. The van der Waals surface area contributed by atoms with E-state index in [-0.39, 0.29) is 12.5 Å². The molecule has 0 spiro atoms. The highest BCUT2D eigenvalue weighted by atomic mass is 16.4. The van der Waals surface area contributed by atoms with Crippen LogP contribution in [0, 0.1) is 0 Å². The van der Waals surface area contributed by atoms with E-state index in [0.717, 1.165) is 0 Å². The van der Waals surface area contributed by atoms with E-state index in [1.54, 1.807) is 0 Å². The maximum absolute atomic E-state index is 10.4. The molecule has 0 fully saturated rings. The van der Waals surface area contributed by atoms with Crippen LogP contribution in [0.5, 0.6) is 0 Å². The van der Waals surface area contributed by atoms with Crippen molar-refractivity contribution in [1.82, 2.24) is 5.32 Å². The lowest BCUT2D eigenvalue weighted by atomic mass is 10.2. The van der Waals surface area contributed by atoms with Crippen molar-refractivity contribution in [2.45, 2.75) is 32.4 Å². The smallest absolute Gasteiger partial charge is 0.321 e. The van der Waals surface area contributed by atoms with Gasteiger partial charge in [0, 0.05) is 12.5 Å². The van der Waals surface area contributed by atoms with Crippen LogP contribution in [0.1, 0.15) is 20.3 Å².